The van der Waals surface area contributed by atoms with E-state index < -0.39 is 0 Å². The third-order valence-corrected chi connectivity index (χ3v) is 6.82. The average molecular weight is 331 g/mol. The Balaban J connectivity index is 1.62. The van der Waals surface area contributed by atoms with Crippen molar-refractivity contribution < 1.29 is 4.74 Å². The zero-order valence-electron chi connectivity index (χ0n) is 12.1. The SMILES string of the molecule is CN1C2CCC1CN(CC1(CBr)CCOCC1)CC2. The Morgan fingerprint density at radius 2 is 1.89 bits per heavy atom. The summed E-state index contributed by atoms with van der Waals surface area (Å²) in [5, 5.41) is 1.13. The molecule has 2 bridgehead atoms. The van der Waals surface area contributed by atoms with Crippen LogP contribution in [-0.2, 0) is 4.74 Å². The van der Waals surface area contributed by atoms with Crippen molar-refractivity contribution in [2.75, 3.05) is 45.2 Å². The van der Waals surface area contributed by atoms with Crippen molar-refractivity contribution in [2.24, 2.45) is 5.41 Å². The maximum absolute atomic E-state index is 5.56. The fourth-order valence-electron chi connectivity index (χ4n) is 4.14. The van der Waals surface area contributed by atoms with Crippen molar-refractivity contribution in [2.45, 2.75) is 44.2 Å². The van der Waals surface area contributed by atoms with E-state index in [4.69, 9.17) is 4.74 Å². The zero-order valence-corrected chi connectivity index (χ0v) is 13.7. The fourth-order valence-corrected chi connectivity index (χ4v) is 4.87. The van der Waals surface area contributed by atoms with E-state index in [-0.39, 0.29) is 0 Å². The molecule has 0 aliphatic carbocycles. The first kappa shape index (κ1) is 14.3. The summed E-state index contributed by atoms with van der Waals surface area (Å²) in [5.74, 6) is 0. The van der Waals surface area contributed by atoms with Gasteiger partial charge in [0.1, 0.15) is 0 Å². The van der Waals surface area contributed by atoms with Crippen LogP contribution < -0.4 is 0 Å². The molecule has 4 heteroatoms. The van der Waals surface area contributed by atoms with Gasteiger partial charge in [-0.25, -0.2) is 0 Å². The highest BCUT2D eigenvalue weighted by Gasteiger charge is 2.38. The first-order valence-electron chi connectivity index (χ1n) is 7.80. The topological polar surface area (TPSA) is 15.7 Å². The molecule has 3 nitrogen and oxygen atoms in total. The molecule has 3 aliphatic heterocycles. The molecule has 0 saturated carbocycles. The third kappa shape index (κ3) is 3.02. The van der Waals surface area contributed by atoms with Gasteiger partial charge >= 0.3 is 0 Å². The summed E-state index contributed by atoms with van der Waals surface area (Å²) in [6.45, 7) is 5.74. The first-order chi connectivity index (χ1) is 9.22. The molecule has 0 aromatic rings. The van der Waals surface area contributed by atoms with Crippen molar-refractivity contribution in [3.8, 4) is 0 Å². The lowest BCUT2D eigenvalue weighted by Crippen LogP contribution is -2.45. The molecular weight excluding hydrogens is 304 g/mol. The number of fused-ring (bicyclic) bond motifs is 2. The molecular formula is C15H27BrN2O. The quantitative estimate of drug-likeness (QED) is 0.739. The molecule has 0 aromatic heterocycles. The number of halogens is 1. The standard InChI is InChI=1S/C15H27BrN2O/c1-17-13-2-3-14(17)10-18(7-4-13)12-15(11-16)5-8-19-9-6-15/h13-14H,2-12H2,1H3. The van der Waals surface area contributed by atoms with Gasteiger partial charge < -0.3 is 9.64 Å². The van der Waals surface area contributed by atoms with E-state index in [0.29, 0.717) is 5.41 Å². The van der Waals surface area contributed by atoms with Crippen LogP contribution in [0.5, 0.6) is 0 Å². The molecule has 3 aliphatic rings. The van der Waals surface area contributed by atoms with Crippen molar-refractivity contribution in [3.05, 3.63) is 0 Å². The Morgan fingerprint density at radius 3 is 2.63 bits per heavy atom. The van der Waals surface area contributed by atoms with Gasteiger partial charge in [0.25, 0.3) is 0 Å². The second-order valence-electron chi connectivity index (χ2n) is 6.82. The number of alkyl halides is 1. The van der Waals surface area contributed by atoms with Gasteiger partial charge in [0.15, 0.2) is 0 Å². The Morgan fingerprint density at radius 1 is 1.16 bits per heavy atom. The van der Waals surface area contributed by atoms with Crippen LogP contribution in [0.2, 0.25) is 0 Å². The van der Waals surface area contributed by atoms with Crippen LogP contribution in [-0.4, -0.2) is 67.1 Å². The van der Waals surface area contributed by atoms with E-state index >= 15 is 0 Å². The molecule has 2 atom stereocenters. The summed E-state index contributed by atoms with van der Waals surface area (Å²) in [6, 6.07) is 1.66. The highest BCUT2D eigenvalue weighted by atomic mass is 79.9. The highest BCUT2D eigenvalue weighted by molar-refractivity contribution is 9.09. The van der Waals surface area contributed by atoms with Gasteiger partial charge in [-0.3, -0.25) is 4.90 Å². The molecule has 0 aromatic carbocycles. The second kappa shape index (κ2) is 6.00. The van der Waals surface area contributed by atoms with E-state index in [0.717, 1.165) is 30.6 Å². The fraction of sp³-hybridized carbons (Fsp3) is 1.00. The van der Waals surface area contributed by atoms with Crippen LogP contribution >= 0.6 is 15.9 Å². The molecule has 3 rings (SSSR count). The number of nitrogens with zero attached hydrogens (tertiary/aromatic N) is 2. The van der Waals surface area contributed by atoms with Crippen LogP contribution in [0.15, 0.2) is 0 Å². The lowest BCUT2D eigenvalue weighted by molar-refractivity contribution is 0.00698. The van der Waals surface area contributed by atoms with Gasteiger partial charge in [0.2, 0.25) is 0 Å². The maximum atomic E-state index is 5.56. The van der Waals surface area contributed by atoms with E-state index in [1.165, 1.54) is 51.7 Å². The van der Waals surface area contributed by atoms with Gasteiger partial charge in [-0.05, 0) is 51.1 Å². The summed E-state index contributed by atoms with van der Waals surface area (Å²) in [4.78, 5) is 5.39. The van der Waals surface area contributed by atoms with E-state index in [1.54, 1.807) is 0 Å². The maximum Gasteiger partial charge on any atom is 0.0472 e. The third-order valence-electron chi connectivity index (χ3n) is 5.63. The van der Waals surface area contributed by atoms with Gasteiger partial charge in [0, 0.05) is 43.7 Å². The molecule has 0 radical (unpaired) electrons. The molecule has 0 spiro atoms. The summed E-state index contributed by atoms with van der Waals surface area (Å²) in [5.41, 5.74) is 0.459. The van der Waals surface area contributed by atoms with Gasteiger partial charge in [0.05, 0.1) is 0 Å². The van der Waals surface area contributed by atoms with Crippen LogP contribution in [0.4, 0.5) is 0 Å². The van der Waals surface area contributed by atoms with Gasteiger partial charge in [-0.1, -0.05) is 15.9 Å². The number of hydrogen-bond donors (Lipinski definition) is 0. The molecule has 0 amide bonds. The largest absolute Gasteiger partial charge is 0.381 e. The Kier molecular flexibility index (Phi) is 4.52. The molecule has 110 valence electrons. The minimum Gasteiger partial charge on any atom is -0.381 e. The summed E-state index contributed by atoms with van der Waals surface area (Å²) >= 11 is 3.77. The molecule has 19 heavy (non-hydrogen) atoms. The van der Waals surface area contributed by atoms with Gasteiger partial charge in [-0.15, -0.1) is 0 Å². The summed E-state index contributed by atoms with van der Waals surface area (Å²) in [6.07, 6.45) is 6.63. The molecule has 3 saturated heterocycles. The second-order valence-corrected chi connectivity index (χ2v) is 7.38. The number of hydrogen-bond acceptors (Lipinski definition) is 3. The smallest absolute Gasteiger partial charge is 0.0472 e. The monoisotopic (exact) mass is 330 g/mol. The molecule has 2 unspecified atom stereocenters. The zero-order chi connectivity index (χ0) is 13.3. The van der Waals surface area contributed by atoms with Crippen molar-refractivity contribution in [3.63, 3.8) is 0 Å². The van der Waals surface area contributed by atoms with Crippen molar-refractivity contribution in [1.29, 1.82) is 0 Å². The normalized spacial score (nSPS) is 36.3. The predicted octanol–water partition coefficient (Wildman–Crippen LogP) is 2.35. The van der Waals surface area contributed by atoms with Crippen molar-refractivity contribution >= 4 is 15.9 Å². The Hall–Kier alpha value is 0.360. The molecule has 3 heterocycles. The number of likely N-dealkylation sites (N-methyl/N-ethyl adjacent to an activating group) is 1. The Labute approximate surface area is 125 Å². The van der Waals surface area contributed by atoms with E-state index in [1.807, 2.05) is 0 Å². The van der Waals surface area contributed by atoms with Crippen molar-refractivity contribution in [1.82, 2.24) is 9.80 Å². The Bertz CT molecular complexity index is 307. The highest BCUT2D eigenvalue weighted by Crippen LogP contribution is 2.35. The minimum absolute atomic E-state index is 0.459. The van der Waals surface area contributed by atoms with Crippen LogP contribution in [0.3, 0.4) is 0 Å². The molecule has 0 N–H and O–H groups in total. The summed E-state index contributed by atoms with van der Waals surface area (Å²) < 4.78 is 5.56. The predicted molar refractivity (Wildman–Crippen MR) is 81.9 cm³/mol. The first-order valence-corrected chi connectivity index (χ1v) is 8.93. The van der Waals surface area contributed by atoms with E-state index in [2.05, 4.69) is 32.8 Å². The van der Waals surface area contributed by atoms with E-state index in [9.17, 15) is 0 Å². The lowest BCUT2D eigenvalue weighted by atomic mass is 9.81. The van der Waals surface area contributed by atoms with Crippen LogP contribution in [0.25, 0.3) is 0 Å². The number of ether oxygens (including phenoxy) is 1. The van der Waals surface area contributed by atoms with Crippen LogP contribution in [0.1, 0.15) is 32.1 Å². The summed E-state index contributed by atoms with van der Waals surface area (Å²) in [7, 11) is 2.33. The number of rotatable bonds is 3. The number of likely N-dealkylation sites (tertiary alicyclic amines) is 1. The average Bonchev–Trinajstić information content (AvgIpc) is 2.68. The minimum atomic E-state index is 0.459. The molecule has 3 fully saturated rings. The van der Waals surface area contributed by atoms with Gasteiger partial charge in [-0.2, -0.15) is 0 Å². The lowest BCUT2D eigenvalue weighted by Gasteiger charge is -2.40. The van der Waals surface area contributed by atoms with Crippen LogP contribution in [0, 0.1) is 5.41 Å².